The number of piperidine rings is 1. The molecular formula is C17H23N3. The zero-order valence-corrected chi connectivity index (χ0v) is 12.6. The first-order valence-electron chi connectivity index (χ1n) is 7.41. The second-order valence-corrected chi connectivity index (χ2v) is 6.23. The molecule has 0 aliphatic carbocycles. The first-order valence-corrected chi connectivity index (χ1v) is 7.41. The van der Waals surface area contributed by atoms with Gasteiger partial charge in [0.2, 0.25) is 0 Å². The Kier molecular flexibility index (Phi) is 3.38. The van der Waals surface area contributed by atoms with Crippen LogP contribution in [0.25, 0.3) is 5.69 Å². The van der Waals surface area contributed by atoms with E-state index in [9.17, 15) is 0 Å². The molecule has 0 unspecified atom stereocenters. The number of hydrogen-bond donors (Lipinski definition) is 1. The molecule has 0 spiro atoms. The molecule has 1 aliphatic rings. The van der Waals surface area contributed by atoms with Gasteiger partial charge in [-0.05, 0) is 63.0 Å². The largest absolute Gasteiger partial charge is 0.317 e. The van der Waals surface area contributed by atoms with Gasteiger partial charge in [-0.2, -0.15) is 0 Å². The normalized spacial score (nSPS) is 18.1. The molecule has 3 heteroatoms. The lowest BCUT2D eigenvalue weighted by molar-refractivity contribution is 0.324. The van der Waals surface area contributed by atoms with Crippen molar-refractivity contribution in [3.8, 4) is 5.69 Å². The Bertz CT molecular complexity index is 606. The Morgan fingerprint density at radius 2 is 1.90 bits per heavy atom. The molecule has 0 amide bonds. The second kappa shape index (κ2) is 5.06. The molecule has 0 atom stereocenters. The van der Waals surface area contributed by atoms with Crippen LogP contribution in [0.1, 0.15) is 36.6 Å². The molecule has 3 rings (SSSR count). The maximum Gasteiger partial charge on any atom is 0.0994 e. The number of nitrogens with one attached hydrogen (secondary N) is 1. The second-order valence-electron chi connectivity index (χ2n) is 6.23. The van der Waals surface area contributed by atoms with Crippen LogP contribution in [0.3, 0.4) is 0 Å². The van der Waals surface area contributed by atoms with Crippen molar-refractivity contribution in [2.24, 2.45) is 0 Å². The highest BCUT2D eigenvalue weighted by atomic mass is 15.1. The van der Waals surface area contributed by atoms with E-state index in [0.717, 1.165) is 13.1 Å². The van der Waals surface area contributed by atoms with Crippen LogP contribution < -0.4 is 5.32 Å². The molecular weight excluding hydrogens is 246 g/mol. The topological polar surface area (TPSA) is 29.9 Å². The van der Waals surface area contributed by atoms with E-state index in [-0.39, 0.29) is 5.41 Å². The smallest absolute Gasteiger partial charge is 0.0994 e. The molecule has 1 aromatic heterocycles. The third kappa shape index (κ3) is 2.27. The van der Waals surface area contributed by atoms with Crippen LogP contribution in [-0.4, -0.2) is 22.6 Å². The number of benzene rings is 1. The molecule has 2 heterocycles. The Morgan fingerprint density at radius 3 is 2.60 bits per heavy atom. The molecule has 0 saturated carbocycles. The molecule has 1 fully saturated rings. The maximum absolute atomic E-state index is 4.41. The summed E-state index contributed by atoms with van der Waals surface area (Å²) in [6.45, 7) is 8.87. The molecule has 1 aliphatic heterocycles. The fourth-order valence-electron chi connectivity index (χ4n) is 3.06. The number of aromatic nitrogens is 2. The van der Waals surface area contributed by atoms with Crippen molar-refractivity contribution in [1.82, 2.24) is 14.9 Å². The number of rotatable bonds is 2. The molecule has 3 nitrogen and oxygen atoms in total. The van der Waals surface area contributed by atoms with Gasteiger partial charge in [0, 0.05) is 23.0 Å². The third-order valence-corrected chi connectivity index (χ3v) is 4.73. The molecule has 0 bridgehead atoms. The summed E-state index contributed by atoms with van der Waals surface area (Å²) in [5.41, 5.74) is 5.45. The van der Waals surface area contributed by atoms with Gasteiger partial charge in [0.25, 0.3) is 0 Å². The van der Waals surface area contributed by atoms with Crippen molar-refractivity contribution in [3.63, 3.8) is 0 Å². The van der Waals surface area contributed by atoms with E-state index in [1.54, 1.807) is 0 Å². The van der Waals surface area contributed by atoms with Crippen molar-refractivity contribution < 1.29 is 0 Å². The number of imidazole rings is 1. The summed E-state index contributed by atoms with van der Waals surface area (Å²) in [5.74, 6) is 0. The Morgan fingerprint density at radius 1 is 1.15 bits per heavy atom. The molecule has 1 N–H and O–H groups in total. The summed E-state index contributed by atoms with van der Waals surface area (Å²) in [5, 5.41) is 3.45. The molecule has 106 valence electrons. The summed E-state index contributed by atoms with van der Waals surface area (Å²) >= 11 is 0. The molecule has 1 aromatic carbocycles. The van der Waals surface area contributed by atoms with Gasteiger partial charge in [0.05, 0.1) is 6.33 Å². The van der Waals surface area contributed by atoms with E-state index in [0.29, 0.717) is 0 Å². The minimum absolute atomic E-state index is 0.223. The molecule has 2 aromatic rings. The van der Waals surface area contributed by atoms with Crippen LogP contribution in [0.4, 0.5) is 0 Å². The third-order valence-electron chi connectivity index (χ3n) is 4.73. The van der Waals surface area contributed by atoms with Crippen molar-refractivity contribution in [3.05, 3.63) is 47.5 Å². The quantitative estimate of drug-likeness (QED) is 0.907. The van der Waals surface area contributed by atoms with E-state index in [1.807, 2.05) is 12.5 Å². The predicted molar refractivity (Wildman–Crippen MR) is 82.5 cm³/mol. The van der Waals surface area contributed by atoms with Crippen LogP contribution in [0.5, 0.6) is 0 Å². The number of hydrogen-bond acceptors (Lipinski definition) is 2. The lowest BCUT2D eigenvalue weighted by atomic mass is 9.78. The van der Waals surface area contributed by atoms with E-state index in [2.05, 4.69) is 53.8 Å². The lowest BCUT2D eigenvalue weighted by Gasteiger charge is -2.34. The highest BCUT2D eigenvalue weighted by Gasteiger charge is 2.31. The Balaban J connectivity index is 2.03. The van der Waals surface area contributed by atoms with Gasteiger partial charge < -0.3 is 9.88 Å². The van der Waals surface area contributed by atoms with Gasteiger partial charge in [-0.15, -0.1) is 0 Å². The van der Waals surface area contributed by atoms with E-state index >= 15 is 0 Å². The van der Waals surface area contributed by atoms with Crippen molar-refractivity contribution in [2.75, 3.05) is 13.1 Å². The standard InChI is InChI=1S/C17H23N3/c1-13-4-5-15(10-14(13)2)20-12-19-11-16(20)17(3)6-8-18-9-7-17/h4-5,10-12,18H,6-9H2,1-3H3. The average molecular weight is 269 g/mol. The molecule has 1 saturated heterocycles. The van der Waals surface area contributed by atoms with E-state index in [1.165, 1.54) is 35.3 Å². The zero-order valence-electron chi connectivity index (χ0n) is 12.6. The monoisotopic (exact) mass is 269 g/mol. The summed E-state index contributed by atoms with van der Waals surface area (Å²) in [6.07, 6.45) is 6.33. The van der Waals surface area contributed by atoms with Crippen LogP contribution >= 0.6 is 0 Å². The molecule has 20 heavy (non-hydrogen) atoms. The van der Waals surface area contributed by atoms with Gasteiger partial charge in [-0.3, -0.25) is 0 Å². The highest BCUT2D eigenvalue weighted by molar-refractivity contribution is 5.41. The SMILES string of the molecule is Cc1ccc(-n2cncc2C2(C)CCNCC2)cc1C. The lowest BCUT2D eigenvalue weighted by Crippen LogP contribution is -2.38. The van der Waals surface area contributed by atoms with Crippen LogP contribution in [-0.2, 0) is 5.41 Å². The zero-order chi connectivity index (χ0) is 14.2. The van der Waals surface area contributed by atoms with Crippen molar-refractivity contribution >= 4 is 0 Å². The number of aryl methyl sites for hydroxylation is 2. The van der Waals surface area contributed by atoms with Crippen LogP contribution in [0, 0.1) is 13.8 Å². The number of nitrogens with zero attached hydrogens (tertiary/aromatic N) is 2. The summed E-state index contributed by atoms with van der Waals surface area (Å²) in [6, 6.07) is 6.64. The maximum atomic E-state index is 4.41. The van der Waals surface area contributed by atoms with Gasteiger partial charge >= 0.3 is 0 Å². The fraction of sp³-hybridized carbons (Fsp3) is 0.471. The first kappa shape index (κ1) is 13.4. The Labute approximate surface area is 121 Å². The predicted octanol–water partition coefficient (Wildman–Crippen LogP) is 3.13. The van der Waals surface area contributed by atoms with Gasteiger partial charge in [-0.25, -0.2) is 4.98 Å². The summed E-state index contributed by atoms with van der Waals surface area (Å²) in [7, 11) is 0. The van der Waals surface area contributed by atoms with Crippen molar-refractivity contribution in [2.45, 2.75) is 39.0 Å². The highest BCUT2D eigenvalue weighted by Crippen LogP contribution is 2.34. The van der Waals surface area contributed by atoms with Gasteiger partial charge in [-0.1, -0.05) is 13.0 Å². The van der Waals surface area contributed by atoms with Gasteiger partial charge in [0.15, 0.2) is 0 Å². The van der Waals surface area contributed by atoms with Crippen LogP contribution in [0.15, 0.2) is 30.7 Å². The Hall–Kier alpha value is -1.61. The van der Waals surface area contributed by atoms with E-state index < -0.39 is 0 Å². The minimum atomic E-state index is 0.223. The van der Waals surface area contributed by atoms with Crippen molar-refractivity contribution in [1.29, 1.82) is 0 Å². The fourth-order valence-corrected chi connectivity index (χ4v) is 3.06. The first-order chi connectivity index (χ1) is 9.60. The minimum Gasteiger partial charge on any atom is -0.317 e. The van der Waals surface area contributed by atoms with Gasteiger partial charge in [0.1, 0.15) is 0 Å². The summed E-state index contributed by atoms with van der Waals surface area (Å²) < 4.78 is 2.26. The van der Waals surface area contributed by atoms with Crippen LogP contribution in [0.2, 0.25) is 0 Å². The average Bonchev–Trinajstić information content (AvgIpc) is 2.93. The molecule has 0 radical (unpaired) electrons. The summed E-state index contributed by atoms with van der Waals surface area (Å²) in [4.78, 5) is 4.41. The van der Waals surface area contributed by atoms with E-state index in [4.69, 9.17) is 0 Å².